The highest BCUT2D eigenvalue weighted by molar-refractivity contribution is 8.18. The van der Waals surface area contributed by atoms with Gasteiger partial charge in [-0.3, -0.25) is 19.3 Å². The number of benzene rings is 3. The third-order valence-corrected chi connectivity index (χ3v) is 8.21. The smallest absolute Gasteiger partial charge is 0.293 e. The molecule has 5 rings (SSSR count). The van der Waals surface area contributed by atoms with Crippen molar-refractivity contribution in [1.29, 1.82) is 0 Å². The summed E-state index contributed by atoms with van der Waals surface area (Å²) in [7, 11) is 0. The molecular weight excluding hydrogens is 539 g/mol. The molecule has 2 heterocycles. The molecule has 0 bridgehead atoms. The van der Waals surface area contributed by atoms with Gasteiger partial charge in [0.1, 0.15) is 0 Å². The molecule has 0 unspecified atom stereocenters. The van der Waals surface area contributed by atoms with Crippen molar-refractivity contribution in [1.82, 2.24) is 9.47 Å². The Kier molecular flexibility index (Phi) is 7.48. The quantitative estimate of drug-likeness (QED) is 0.170. The number of nitrogens with zero attached hydrogens (tertiary/aromatic N) is 2. The van der Waals surface area contributed by atoms with Gasteiger partial charge in [0.05, 0.1) is 27.0 Å². The number of fused-ring (bicyclic) bond motifs is 1. The molecule has 2 amide bonds. The minimum absolute atomic E-state index is 0.278. The van der Waals surface area contributed by atoms with Crippen molar-refractivity contribution in [3.8, 4) is 0 Å². The molecule has 0 aliphatic carbocycles. The summed E-state index contributed by atoms with van der Waals surface area (Å²) in [5, 5.41) is 1.52. The van der Waals surface area contributed by atoms with E-state index >= 15 is 0 Å². The number of ketones is 1. The van der Waals surface area contributed by atoms with Crippen LogP contribution in [0.3, 0.4) is 0 Å². The molecule has 192 valence electrons. The summed E-state index contributed by atoms with van der Waals surface area (Å²) in [4.78, 5) is 40.0. The Morgan fingerprint density at radius 1 is 1.00 bits per heavy atom. The predicted octanol–water partition coefficient (Wildman–Crippen LogP) is 7.79. The number of hydrogen-bond acceptors (Lipinski definition) is 4. The molecular formula is C30H24Cl2N2O3S. The van der Waals surface area contributed by atoms with Crippen LogP contribution in [0.15, 0.2) is 71.8 Å². The number of imide groups is 1. The molecule has 1 aliphatic rings. The number of carbonyl (C=O) groups is 3. The standard InChI is InChI=1S/C30H24Cl2N2O3S/c1-3-20-5-4-6-23-22(16-33(28(20)23)15-19-9-12-24(31)25(32)13-19)14-27-29(36)34(30(37)38-27)17-26(35)21-10-7-18(2)8-11-21/h4-14,16H,3,15,17H2,1-2H3/b27-14-. The average molecular weight is 564 g/mol. The summed E-state index contributed by atoms with van der Waals surface area (Å²) >= 11 is 13.2. The highest BCUT2D eigenvalue weighted by atomic mass is 35.5. The Morgan fingerprint density at radius 3 is 2.47 bits per heavy atom. The molecule has 5 nitrogen and oxygen atoms in total. The third kappa shape index (κ3) is 5.17. The minimum atomic E-state index is -0.461. The topological polar surface area (TPSA) is 59.4 Å². The van der Waals surface area contributed by atoms with E-state index in [0.29, 0.717) is 27.1 Å². The Bertz CT molecular complexity index is 1620. The van der Waals surface area contributed by atoms with E-state index in [-0.39, 0.29) is 12.3 Å². The number of carbonyl (C=O) groups excluding carboxylic acids is 3. The van der Waals surface area contributed by atoms with E-state index in [1.807, 2.05) is 49.5 Å². The van der Waals surface area contributed by atoms with Crippen LogP contribution >= 0.6 is 35.0 Å². The van der Waals surface area contributed by atoms with Gasteiger partial charge in [0.25, 0.3) is 11.1 Å². The number of halogens is 2. The normalized spacial score (nSPS) is 14.7. The molecule has 1 aromatic heterocycles. The maximum Gasteiger partial charge on any atom is 0.293 e. The lowest BCUT2D eigenvalue weighted by Crippen LogP contribution is -2.33. The molecule has 0 N–H and O–H groups in total. The highest BCUT2D eigenvalue weighted by Crippen LogP contribution is 2.35. The number of hydrogen-bond donors (Lipinski definition) is 0. The summed E-state index contributed by atoms with van der Waals surface area (Å²) in [6.07, 6.45) is 4.56. The van der Waals surface area contributed by atoms with Gasteiger partial charge >= 0.3 is 0 Å². The Labute approximate surface area is 235 Å². The van der Waals surface area contributed by atoms with Gasteiger partial charge in [0, 0.05) is 29.3 Å². The van der Waals surface area contributed by atoms with Gasteiger partial charge in [-0.25, -0.2) is 0 Å². The minimum Gasteiger partial charge on any atom is -0.342 e. The number of Topliss-reactive ketones (excluding diaryl/α,β-unsaturated/α-hetero) is 1. The molecule has 8 heteroatoms. The van der Waals surface area contributed by atoms with Gasteiger partial charge in [-0.2, -0.15) is 0 Å². The number of amides is 2. The molecule has 0 spiro atoms. The summed E-state index contributed by atoms with van der Waals surface area (Å²) in [5.41, 5.74) is 5.53. The van der Waals surface area contributed by atoms with E-state index in [4.69, 9.17) is 23.2 Å². The van der Waals surface area contributed by atoms with E-state index in [0.717, 1.165) is 50.7 Å². The second-order valence-corrected chi connectivity index (χ2v) is 11.0. The summed E-state index contributed by atoms with van der Waals surface area (Å²) in [6.45, 7) is 4.30. The van der Waals surface area contributed by atoms with E-state index in [1.165, 1.54) is 5.56 Å². The third-order valence-electron chi connectivity index (χ3n) is 6.57. The number of rotatable bonds is 7. The zero-order chi connectivity index (χ0) is 27.0. The van der Waals surface area contributed by atoms with Crippen LogP contribution in [0.25, 0.3) is 17.0 Å². The van der Waals surface area contributed by atoms with Crippen molar-refractivity contribution >= 4 is 68.9 Å². The summed E-state index contributed by atoms with van der Waals surface area (Å²) in [5.74, 6) is -0.739. The fourth-order valence-electron chi connectivity index (χ4n) is 4.58. The van der Waals surface area contributed by atoms with Crippen LogP contribution in [0.1, 0.15) is 39.5 Å². The van der Waals surface area contributed by atoms with Gasteiger partial charge in [-0.05, 0) is 54.4 Å². The number of thioether (sulfide) groups is 1. The number of aryl methyl sites for hydroxylation is 2. The SMILES string of the molecule is CCc1cccc2c(/C=C3\SC(=O)N(CC(=O)c4ccc(C)cc4)C3=O)cn(Cc3ccc(Cl)c(Cl)c3)c12. The molecule has 3 aromatic carbocycles. The van der Waals surface area contributed by atoms with Crippen molar-refractivity contribution in [2.24, 2.45) is 0 Å². The van der Waals surface area contributed by atoms with Crippen LogP contribution in [0.4, 0.5) is 4.79 Å². The van der Waals surface area contributed by atoms with Crippen molar-refractivity contribution in [2.75, 3.05) is 6.54 Å². The summed E-state index contributed by atoms with van der Waals surface area (Å²) in [6, 6.07) is 18.7. The van der Waals surface area contributed by atoms with Gasteiger partial charge in [0.15, 0.2) is 5.78 Å². The van der Waals surface area contributed by atoms with Crippen LogP contribution in [0.5, 0.6) is 0 Å². The largest absolute Gasteiger partial charge is 0.342 e. The average Bonchev–Trinajstić information content (AvgIpc) is 3.38. The molecule has 1 fully saturated rings. The van der Waals surface area contributed by atoms with Crippen LogP contribution < -0.4 is 0 Å². The summed E-state index contributed by atoms with van der Waals surface area (Å²) < 4.78 is 2.13. The fraction of sp³-hybridized carbons (Fsp3) is 0.167. The highest BCUT2D eigenvalue weighted by Gasteiger charge is 2.36. The lowest BCUT2D eigenvalue weighted by Gasteiger charge is -2.11. The number of para-hydroxylation sites is 1. The van der Waals surface area contributed by atoms with Crippen molar-refractivity contribution in [3.63, 3.8) is 0 Å². The lowest BCUT2D eigenvalue weighted by molar-refractivity contribution is -0.122. The van der Waals surface area contributed by atoms with Crippen molar-refractivity contribution < 1.29 is 14.4 Å². The van der Waals surface area contributed by atoms with Crippen LogP contribution in [-0.4, -0.2) is 32.9 Å². The van der Waals surface area contributed by atoms with E-state index in [9.17, 15) is 14.4 Å². The molecule has 0 atom stereocenters. The monoisotopic (exact) mass is 562 g/mol. The molecule has 0 saturated carbocycles. The first kappa shape index (κ1) is 26.3. The molecule has 0 radical (unpaired) electrons. The Morgan fingerprint density at radius 2 is 1.76 bits per heavy atom. The first-order valence-corrected chi connectivity index (χ1v) is 13.7. The maximum absolute atomic E-state index is 13.2. The molecule has 4 aromatic rings. The lowest BCUT2D eigenvalue weighted by atomic mass is 10.1. The first-order chi connectivity index (χ1) is 18.2. The zero-order valence-corrected chi connectivity index (χ0v) is 23.2. The van der Waals surface area contributed by atoms with Crippen LogP contribution in [0, 0.1) is 6.92 Å². The maximum atomic E-state index is 13.2. The van der Waals surface area contributed by atoms with E-state index in [1.54, 1.807) is 24.3 Å². The van der Waals surface area contributed by atoms with Crippen molar-refractivity contribution in [3.05, 3.63) is 110 Å². The van der Waals surface area contributed by atoms with Crippen LogP contribution in [-0.2, 0) is 17.8 Å². The predicted molar refractivity (Wildman–Crippen MR) is 155 cm³/mol. The molecule has 1 aliphatic heterocycles. The number of aromatic nitrogens is 1. The van der Waals surface area contributed by atoms with Crippen LogP contribution in [0.2, 0.25) is 10.0 Å². The molecule has 38 heavy (non-hydrogen) atoms. The second kappa shape index (κ2) is 10.8. The second-order valence-electron chi connectivity index (χ2n) is 9.18. The Balaban J connectivity index is 1.47. The van der Waals surface area contributed by atoms with Gasteiger partial charge < -0.3 is 4.57 Å². The molecule has 1 saturated heterocycles. The van der Waals surface area contributed by atoms with Gasteiger partial charge in [-0.1, -0.05) is 84.2 Å². The zero-order valence-electron chi connectivity index (χ0n) is 20.8. The first-order valence-electron chi connectivity index (χ1n) is 12.1. The van der Waals surface area contributed by atoms with E-state index in [2.05, 4.69) is 17.6 Å². The van der Waals surface area contributed by atoms with Gasteiger partial charge in [-0.15, -0.1) is 0 Å². The fourth-order valence-corrected chi connectivity index (χ4v) is 5.73. The van der Waals surface area contributed by atoms with Crippen molar-refractivity contribution in [2.45, 2.75) is 26.8 Å². The van der Waals surface area contributed by atoms with E-state index < -0.39 is 11.1 Å². The van der Waals surface area contributed by atoms with Gasteiger partial charge in [0.2, 0.25) is 0 Å². The Hall–Kier alpha value is -3.32.